The number of anilines is 1. The predicted molar refractivity (Wildman–Crippen MR) is 59.7 cm³/mol. The number of pyridine rings is 1. The van der Waals surface area contributed by atoms with Crippen molar-refractivity contribution in [3.63, 3.8) is 0 Å². The topological polar surface area (TPSA) is 38.9 Å². The van der Waals surface area contributed by atoms with Crippen molar-refractivity contribution in [3.8, 4) is 10.6 Å². The van der Waals surface area contributed by atoms with Gasteiger partial charge in [-0.25, -0.2) is 0 Å². The molecule has 0 saturated heterocycles. The molecule has 0 atom stereocenters. The van der Waals surface area contributed by atoms with Gasteiger partial charge in [0.15, 0.2) is 0 Å². The molecule has 4 heteroatoms. The number of nitrogen functional groups attached to an aromatic ring is 1. The van der Waals surface area contributed by atoms with Crippen molar-refractivity contribution in [2.75, 3.05) is 5.73 Å². The van der Waals surface area contributed by atoms with Gasteiger partial charge in [0.1, 0.15) is 0 Å². The fourth-order valence-corrected chi connectivity index (χ4v) is 2.57. The largest absolute Gasteiger partial charge is 0.397 e. The molecule has 2 nitrogen and oxygen atoms in total. The van der Waals surface area contributed by atoms with Crippen LogP contribution in [0.1, 0.15) is 0 Å². The normalized spacial score (nSPS) is 10.2. The molecule has 0 fully saturated rings. The summed E-state index contributed by atoms with van der Waals surface area (Å²) in [4.78, 5) is 5.38. The second-order valence-corrected chi connectivity index (χ2v) is 4.34. The Morgan fingerprint density at radius 1 is 1.31 bits per heavy atom. The molecule has 0 aliphatic rings. The van der Waals surface area contributed by atoms with Crippen LogP contribution in [0.2, 0.25) is 0 Å². The number of halogens is 1. The van der Waals surface area contributed by atoms with E-state index in [2.05, 4.69) is 20.9 Å². The molecule has 2 heterocycles. The molecule has 0 radical (unpaired) electrons. The van der Waals surface area contributed by atoms with Crippen LogP contribution < -0.4 is 5.73 Å². The second-order valence-electron chi connectivity index (χ2n) is 2.57. The zero-order valence-corrected chi connectivity index (χ0v) is 9.10. The highest BCUT2D eigenvalue weighted by atomic mass is 79.9. The second kappa shape index (κ2) is 3.47. The summed E-state index contributed by atoms with van der Waals surface area (Å²) >= 11 is 5.12. The van der Waals surface area contributed by atoms with Crippen LogP contribution in [-0.2, 0) is 0 Å². The van der Waals surface area contributed by atoms with Crippen LogP contribution in [0.3, 0.4) is 0 Å². The summed E-state index contributed by atoms with van der Waals surface area (Å²) < 4.78 is 1.08. The lowest BCUT2D eigenvalue weighted by Gasteiger charge is -1.97. The first kappa shape index (κ1) is 8.72. The number of hydrogen-bond donors (Lipinski definition) is 1. The number of nitrogens with two attached hydrogens (primary N) is 1. The molecule has 0 aromatic carbocycles. The first-order chi connectivity index (χ1) is 6.27. The van der Waals surface area contributed by atoms with Gasteiger partial charge in [0.2, 0.25) is 0 Å². The fraction of sp³-hybridized carbons (Fsp3) is 0. The summed E-state index contributed by atoms with van der Waals surface area (Å²) in [5, 5.41) is 2.03. The highest BCUT2D eigenvalue weighted by molar-refractivity contribution is 9.10. The van der Waals surface area contributed by atoms with Gasteiger partial charge in [0.05, 0.1) is 22.5 Å². The zero-order valence-electron chi connectivity index (χ0n) is 6.70. The van der Waals surface area contributed by atoms with Gasteiger partial charge in [-0.1, -0.05) is 0 Å². The Hall–Kier alpha value is -0.870. The maximum absolute atomic E-state index is 5.55. The standard InChI is InChI=1S/C9H7BrN2S/c10-7-3-4-13-9(7)8-2-1-6(11)5-12-8/h1-5H,11H2. The van der Waals surface area contributed by atoms with Crippen LogP contribution >= 0.6 is 27.3 Å². The van der Waals surface area contributed by atoms with Gasteiger partial charge in [-0.15, -0.1) is 11.3 Å². The molecule has 2 rings (SSSR count). The lowest BCUT2D eigenvalue weighted by atomic mass is 10.3. The fourth-order valence-electron chi connectivity index (χ4n) is 1.02. The number of nitrogens with zero attached hydrogens (tertiary/aromatic N) is 1. The number of hydrogen-bond acceptors (Lipinski definition) is 3. The third kappa shape index (κ3) is 1.73. The molecule has 2 aromatic rings. The van der Waals surface area contributed by atoms with E-state index in [0.29, 0.717) is 5.69 Å². The average Bonchev–Trinajstić information content (AvgIpc) is 2.53. The van der Waals surface area contributed by atoms with Crippen LogP contribution in [-0.4, -0.2) is 4.98 Å². The van der Waals surface area contributed by atoms with Crippen molar-refractivity contribution < 1.29 is 0 Å². The molecule has 0 spiro atoms. The molecular weight excluding hydrogens is 248 g/mol. The monoisotopic (exact) mass is 254 g/mol. The van der Waals surface area contributed by atoms with Crippen molar-refractivity contribution in [2.24, 2.45) is 0 Å². The Morgan fingerprint density at radius 2 is 2.15 bits per heavy atom. The van der Waals surface area contributed by atoms with E-state index in [0.717, 1.165) is 15.0 Å². The van der Waals surface area contributed by atoms with Gasteiger partial charge in [-0.05, 0) is 39.5 Å². The van der Waals surface area contributed by atoms with Crippen molar-refractivity contribution >= 4 is 33.0 Å². The molecule has 0 aliphatic heterocycles. The third-order valence-electron chi connectivity index (χ3n) is 1.64. The van der Waals surface area contributed by atoms with E-state index in [1.807, 2.05) is 23.6 Å². The summed E-state index contributed by atoms with van der Waals surface area (Å²) in [6.45, 7) is 0. The quantitative estimate of drug-likeness (QED) is 0.850. The molecule has 2 aromatic heterocycles. The van der Waals surface area contributed by atoms with Gasteiger partial charge in [-0.3, -0.25) is 4.98 Å². The van der Waals surface area contributed by atoms with E-state index < -0.39 is 0 Å². The number of thiophene rings is 1. The first-order valence-corrected chi connectivity index (χ1v) is 5.39. The van der Waals surface area contributed by atoms with E-state index in [-0.39, 0.29) is 0 Å². The highest BCUT2D eigenvalue weighted by Gasteiger charge is 2.04. The minimum atomic E-state index is 0.691. The van der Waals surface area contributed by atoms with Crippen LogP contribution in [0, 0.1) is 0 Å². The Bertz CT molecular complexity index is 408. The molecule has 0 aliphatic carbocycles. The Balaban J connectivity index is 2.47. The number of rotatable bonds is 1. The lowest BCUT2D eigenvalue weighted by Crippen LogP contribution is -1.86. The Labute approximate surface area is 88.6 Å². The zero-order chi connectivity index (χ0) is 9.26. The predicted octanol–water partition coefficient (Wildman–Crippen LogP) is 3.15. The minimum absolute atomic E-state index is 0.691. The van der Waals surface area contributed by atoms with Gasteiger partial charge < -0.3 is 5.73 Å². The van der Waals surface area contributed by atoms with Gasteiger partial charge in [0, 0.05) is 4.47 Å². The van der Waals surface area contributed by atoms with Crippen LogP contribution in [0.4, 0.5) is 5.69 Å². The molecule has 0 unspecified atom stereocenters. The van der Waals surface area contributed by atoms with Crippen LogP contribution in [0.5, 0.6) is 0 Å². The van der Waals surface area contributed by atoms with Crippen molar-refractivity contribution in [3.05, 3.63) is 34.2 Å². The molecule has 13 heavy (non-hydrogen) atoms. The van der Waals surface area contributed by atoms with Crippen molar-refractivity contribution in [1.82, 2.24) is 4.98 Å². The molecule has 2 N–H and O–H groups in total. The van der Waals surface area contributed by atoms with E-state index in [1.54, 1.807) is 17.5 Å². The summed E-state index contributed by atoms with van der Waals surface area (Å²) in [6, 6.07) is 5.79. The average molecular weight is 255 g/mol. The Morgan fingerprint density at radius 3 is 2.69 bits per heavy atom. The van der Waals surface area contributed by atoms with Gasteiger partial charge in [0.25, 0.3) is 0 Å². The van der Waals surface area contributed by atoms with E-state index in [1.165, 1.54) is 0 Å². The van der Waals surface area contributed by atoms with E-state index >= 15 is 0 Å². The first-order valence-electron chi connectivity index (χ1n) is 3.72. The van der Waals surface area contributed by atoms with Crippen LogP contribution in [0.15, 0.2) is 34.2 Å². The molecule has 0 bridgehead atoms. The van der Waals surface area contributed by atoms with Gasteiger partial charge in [-0.2, -0.15) is 0 Å². The summed E-state index contributed by atoms with van der Waals surface area (Å²) in [6.07, 6.45) is 1.67. The smallest absolute Gasteiger partial charge is 0.0814 e. The summed E-state index contributed by atoms with van der Waals surface area (Å²) in [5.41, 5.74) is 7.19. The molecule has 0 saturated carbocycles. The van der Waals surface area contributed by atoms with E-state index in [4.69, 9.17) is 5.73 Å². The summed E-state index contributed by atoms with van der Waals surface area (Å²) in [5.74, 6) is 0. The SMILES string of the molecule is Nc1ccc(-c2sccc2Br)nc1. The van der Waals surface area contributed by atoms with Crippen LogP contribution in [0.25, 0.3) is 10.6 Å². The Kier molecular flexibility index (Phi) is 2.33. The molecular formula is C9H7BrN2S. The van der Waals surface area contributed by atoms with Crippen molar-refractivity contribution in [2.45, 2.75) is 0 Å². The van der Waals surface area contributed by atoms with Crippen molar-refractivity contribution in [1.29, 1.82) is 0 Å². The molecule has 0 amide bonds. The van der Waals surface area contributed by atoms with E-state index in [9.17, 15) is 0 Å². The third-order valence-corrected chi connectivity index (χ3v) is 3.50. The number of aromatic nitrogens is 1. The minimum Gasteiger partial charge on any atom is -0.397 e. The van der Waals surface area contributed by atoms with Gasteiger partial charge >= 0.3 is 0 Å². The highest BCUT2D eigenvalue weighted by Crippen LogP contribution is 2.32. The maximum atomic E-state index is 5.55. The maximum Gasteiger partial charge on any atom is 0.0814 e. The lowest BCUT2D eigenvalue weighted by molar-refractivity contribution is 1.34. The molecule has 66 valence electrons. The summed E-state index contributed by atoms with van der Waals surface area (Å²) in [7, 11) is 0.